The van der Waals surface area contributed by atoms with Gasteiger partial charge >= 0.3 is 0 Å². The van der Waals surface area contributed by atoms with E-state index in [4.69, 9.17) is 4.74 Å². The summed E-state index contributed by atoms with van der Waals surface area (Å²) in [4.78, 5) is 15.1. The quantitative estimate of drug-likeness (QED) is 0.648. The van der Waals surface area contributed by atoms with Gasteiger partial charge in [0.1, 0.15) is 6.23 Å². The molecule has 1 aromatic rings. The zero-order valence-corrected chi connectivity index (χ0v) is 16.8. The highest BCUT2D eigenvalue weighted by atomic mass is 79.9. The summed E-state index contributed by atoms with van der Waals surface area (Å²) in [6.45, 7) is 8.35. The summed E-state index contributed by atoms with van der Waals surface area (Å²) in [7, 11) is 1.66. The molecule has 0 N–H and O–H groups in total. The van der Waals surface area contributed by atoms with Gasteiger partial charge in [0.05, 0.1) is 18.3 Å². The Morgan fingerprint density at radius 1 is 1.35 bits per heavy atom. The summed E-state index contributed by atoms with van der Waals surface area (Å²) >= 11 is 10.1. The molecule has 3 nitrogen and oxygen atoms in total. The maximum absolute atomic E-state index is 12.9. The third kappa shape index (κ3) is 2.84. The average Bonchev–Trinajstić information content (AvgIpc) is 2.72. The molecule has 2 heterocycles. The molecule has 112 valence electrons. The minimum Gasteiger partial charge on any atom is -0.360 e. The summed E-state index contributed by atoms with van der Waals surface area (Å²) in [6, 6.07) is 1.86. The van der Waals surface area contributed by atoms with Crippen molar-refractivity contribution in [2.45, 2.75) is 43.5 Å². The Morgan fingerprint density at radius 3 is 2.40 bits per heavy atom. The topological polar surface area (TPSA) is 29.5 Å². The fraction of sp³-hybridized carbons (Fsp3) is 0.615. The predicted octanol–water partition coefficient (Wildman–Crippen LogP) is 4.95. The van der Waals surface area contributed by atoms with Crippen molar-refractivity contribution in [3.8, 4) is 0 Å². The van der Waals surface area contributed by atoms with Crippen molar-refractivity contribution in [3.05, 3.63) is 19.2 Å². The number of carbonyl (C=O) groups excluding carboxylic acids is 1. The van der Waals surface area contributed by atoms with Gasteiger partial charge in [-0.05, 0) is 65.6 Å². The fourth-order valence-electron chi connectivity index (χ4n) is 2.65. The number of nitrogens with zero attached hydrogens (tertiary/aromatic N) is 1. The number of ether oxygens (including phenoxy) is 1. The number of hydrogen-bond donors (Lipinski definition) is 0. The van der Waals surface area contributed by atoms with Crippen molar-refractivity contribution in [3.63, 3.8) is 0 Å². The van der Waals surface area contributed by atoms with Crippen LogP contribution in [-0.4, -0.2) is 33.8 Å². The molecular weight excluding hydrogens is 426 g/mol. The van der Waals surface area contributed by atoms with Crippen LogP contribution in [0.15, 0.2) is 14.3 Å². The molecule has 0 bridgehead atoms. The Bertz CT molecular complexity index is 523. The summed E-state index contributed by atoms with van der Waals surface area (Å²) in [5, 5.41) is 0. The lowest BCUT2D eigenvalue weighted by Gasteiger charge is -2.34. The first-order valence-corrected chi connectivity index (χ1v) is 9.33. The number of hydrogen-bond acceptors (Lipinski definition) is 4. The molecule has 0 aromatic carbocycles. The van der Waals surface area contributed by atoms with Gasteiger partial charge in [0.2, 0.25) is 0 Å². The first-order valence-electron chi connectivity index (χ1n) is 6.11. The molecule has 1 aliphatic heterocycles. The Morgan fingerprint density at radius 2 is 1.95 bits per heavy atom. The molecule has 1 aromatic heterocycles. The van der Waals surface area contributed by atoms with Gasteiger partial charge in [-0.1, -0.05) is 0 Å². The second-order valence-electron chi connectivity index (χ2n) is 5.65. The minimum absolute atomic E-state index is 0.0105. The average molecular weight is 443 g/mol. The SMILES string of the molecule is COC1N(C(=O)c2cc(Br)c(Br)s2)C(C)(C)SC1(C)C. The number of halogens is 2. The molecule has 1 unspecified atom stereocenters. The molecule has 0 saturated carbocycles. The first-order chi connectivity index (χ1) is 9.10. The van der Waals surface area contributed by atoms with Gasteiger partial charge in [0.25, 0.3) is 5.91 Å². The van der Waals surface area contributed by atoms with E-state index < -0.39 is 0 Å². The number of methoxy groups -OCH3 is 1. The van der Waals surface area contributed by atoms with E-state index in [-0.39, 0.29) is 21.8 Å². The Hall–Kier alpha value is 0.440. The molecule has 20 heavy (non-hydrogen) atoms. The van der Waals surface area contributed by atoms with Crippen LogP contribution in [0, 0.1) is 0 Å². The molecule has 2 rings (SSSR count). The first kappa shape index (κ1) is 16.8. The molecule has 0 aliphatic carbocycles. The molecule has 7 heteroatoms. The number of rotatable bonds is 2. The van der Waals surface area contributed by atoms with Crippen LogP contribution in [0.5, 0.6) is 0 Å². The van der Waals surface area contributed by atoms with E-state index >= 15 is 0 Å². The van der Waals surface area contributed by atoms with E-state index in [1.54, 1.807) is 18.9 Å². The molecule has 1 saturated heterocycles. The van der Waals surface area contributed by atoms with Crippen molar-refractivity contribution >= 4 is 60.9 Å². The van der Waals surface area contributed by atoms with Gasteiger partial charge < -0.3 is 4.74 Å². The van der Waals surface area contributed by atoms with Crippen molar-refractivity contribution in [1.29, 1.82) is 0 Å². The van der Waals surface area contributed by atoms with Crippen molar-refractivity contribution < 1.29 is 9.53 Å². The number of thiophene rings is 1. The third-order valence-corrected chi connectivity index (χ3v) is 7.89. The molecule has 0 radical (unpaired) electrons. The molecule has 0 spiro atoms. The van der Waals surface area contributed by atoms with Crippen LogP contribution < -0.4 is 0 Å². The summed E-state index contributed by atoms with van der Waals surface area (Å²) in [6.07, 6.45) is -0.241. The highest BCUT2D eigenvalue weighted by Crippen LogP contribution is 2.52. The number of thioether (sulfide) groups is 1. The molecular formula is C13H17Br2NO2S2. The highest BCUT2D eigenvalue weighted by Gasteiger charge is 2.54. The van der Waals surface area contributed by atoms with Crippen LogP contribution in [0.3, 0.4) is 0 Å². The monoisotopic (exact) mass is 441 g/mol. The molecule has 1 aliphatic rings. The van der Waals surface area contributed by atoms with Crippen molar-refractivity contribution in [2.24, 2.45) is 0 Å². The Labute approximate surface area is 144 Å². The lowest BCUT2D eigenvalue weighted by molar-refractivity contribution is -0.0417. The van der Waals surface area contributed by atoms with E-state index in [0.717, 1.165) is 8.26 Å². The molecule has 1 amide bonds. The van der Waals surface area contributed by atoms with Gasteiger partial charge in [-0.15, -0.1) is 23.1 Å². The van der Waals surface area contributed by atoms with Gasteiger partial charge in [0, 0.05) is 11.6 Å². The van der Waals surface area contributed by atoms with E-state index in [9.17, 15) is 4.79 Å². The second-order valence-corrected chi connectivity index (χ2v) is 11.1. The van der Waals surface area contributed by atoms with Crippen molar-refractivity contribution in [1.82, 2.24) is 4.90 Å². The van der Waals surface area contributed by atoms with Crippen LogP contribution in [0.4, 0.5) is 0 Å². The van der Waals surface area contributed by atoms with Gasteiger partial charge in [-0.25, -0.2) is 0 Å². The van der Waals surface area contributed by atoms with E-state index in [2.05, 4.69) is 59.6 Å². The van der Waals surface area contributed by atoms with E-state index in [0.29, 0.717) is 4.88 Å². The van der Waals surface area contributed by atoms with Gasteiger partial charge in [-0.2, -0.15) is 0 Å². The lowest BCUT2D eigenvalue weighted by Crippen LogP contribution is -2.50. The van der Waals surface area contributed by atoms with Gasteiger partial charge in [0.15, 0.2) is 0 Å². The third-order valence-electron chi connectivity index (χ3n) is 3.22. The van der Waals surface area contributed by atoms with Crippen LogP contribution in [0.1, 0.15) is 37.4 Å². The standard InChI is InChI=1S/C13H17Br2NO2S2/c1-12(2)11(18-5)16(13(3,4)20-12)10(17)8-6-7(14)9(15)19-8/h6,11H,1-5H3. The summed E-state index contributed by atoms with van der Waals surface area (Å²) < 4.78 is 7.32. The number of amides is 1. The van der Waals surface area contributed by atoms with Crippen LogP contribution in [0.25, 0.3) is 0 Å². The maximum atomic E-state index is 12.9. The Balaban J connectivity index is 2.41. The molecule has 1 atom stereocenters. The summed E-state index contributed by atoms with van der Waals surface area (Å²) in [5.74, 6) is 0.0105. The van der Waals surface area contributed by atoms with Gasteiger partial charge in [-0.3, -0.25) is 9.69 Å². The fourth-order valence-corrected chi connectivity index (χ4v) is 6.49. The normalized spacial score (nSPS) is 24.1. The second kappa shape index (κ2) is 5.57. The summed E-state index contributed by atoms with van der Waals surface area (Å²) in [5.41, 5.74) is 0. The number of carbonyl (C=O) groups is 1. The lowest BCUT2D eigenvalue weighted by atomic mass is 10.1. The van der Waals surface area contributed by atoms with Crippen LogP contribution in [0.2, 0.25) is 0 Å². The maximum Gasteiger partial charge on any atom is 0.267 e. The minimum atomic E-state index is -0.301. The van der Waals surface area contributed by atoms with Crippen molar-refractivity contribution in [2.75, 3.05) is 7.11 Å². The zero-order chi connectivity index (χ0) is 15.3. The van der Waals surface area contributed by atoms with E-state index in [1.807, 2.05) is 11.0 Å². The molecule has 1 fully saturated rings. The smallest absolute Gasteiger partial charge is 0.267 e. The zero-order valence-electron chi connectivity index (χ0n) is 12.0. The van der Waals surface area contributed by atoms with Crippen LogP contribution >= 0.6 is 55.0 Å². The van der Waals surface area contributed by atoms with Crippen LogP contribution in [-0.2, 0) is 4.74 Å². The Kier molecular flexibility index (Phi) is 4.68. The predicted molar refractivity (Wildman–Crippen MR) is 92.4 cm³/mol. The largest absolute Gasteiger partial charge is 0.360 e. The highest BCUT2D eigenvalue weighted by molar-refractivity contribution is 9.13. The van der Waals surface area contributed by atoms with E-state index in [1.165, 1.54) is 11.3 Å².